The van der Waals surface area contributed by atoms with Crippen LogP contribution >= 0.6 is 0 Å². The lowest BCUT2D eigenvalue weighted by molar-refractivity contribution is 0.283. The van der Waals surface area contributed by atoms with E-state index in [4.69, 9.17) is 9.63 Å². The molecule has 3 nitrogen and oxygen atoms in total. The van der Waals surface area contributed by atoms with Crippen molar-refractivity contribution in [3.63, 3.8) is 0 Å². The number of benzene rings is 1. The van der Waals surface area contributed by atoms with Gasteiger partial charge in [-0.25, -0.2) is 0 Å². The first-order valence-electron chi connectivity index (χ1n) is 3.77. The molecule has 0 aliphatic carbocycles. The largest absolute Gasteiger partial charge is 0.392 e. The van der Waals surface area contributed by atoms with E-state index in [1.165, 1.54) is 0 Å². The zero-order valence-electron chi connectivity index (χ0n) is 6.74. The molecule has 2 aromatic rings. The van der Waals surface area contributed by atoms with Crippen LogP contribution in [0.5, 0.6) is 0 Å². The molecule has 0 aliphatic rings. The maximum atomic E-state index is 9.01. The zero-order chi connectivity index (χ0) is 8.55. The van der Waals surface area contributed by atoms with Gasteiger partial charge >= 0.3 is 0 Å². The molecular formula is C9H9NO2. The molecule has 1 N–H and O–H groups in total. The molecule has 0 radical (unpaired) electrons. The Bertz CT molecular complexity index is 406. The highest BCUT2D eigenvalue weighted by atomic mass is 16.5. The van der Waals surface area contributed by atoms with E-state index in [0.29, 0.717) is 0 Å². The quantitative estimate of drug-likeness (QED) is 0.695. The highest BCUT2D eigenvalue weighted by Crippen LogP contribution is 2.21. The van der Waals surface area contributed by atoms with Crippen LogP contribution in [0.2, 0.25) is 0 Å². The van der Waals surface area contributed by atoms with Crippen molar-refractivity contribution in [1.29, 1.82) is 0 Å². The molecule has 0 saturated carbocycles. The van der Waals surface area contributed by atoms with Gasteiger partial charge in [0.1, 0.15) is 0 Å². The second kappa shape index (κ2) is 2.60. The molecule has 0 amide bonds. The normalized spacial score (nSPS) is 10.8. The van der Waals surface area contributed by atoms with Gasteiger partial charge in [-0.15, -0.1) is 0 Å². The monoisotopic (exact) mass is 163 g/mol. The Morgan fingerprint density at radius 2 is 2.33 bits per heavy atom. The van der Waals surface area contributed by atoms with E-state index in [0.717, 1.165) is 22.2 Å². The Morgan fingerprint density at radius 3 is 3.08 bits per heavy atom. The van der Waals surface area contributed by atoms with Crippen LogP contribution in [0.15, 0.2) is 22.7 Å². The Kier molecular flexibility index (Phi) is 1.59. The van der Waals surface area contributed by atoms with E-state index in [1.807, 2.05) is 25.1 Å². The Hall–Kier alpha value is -1.35. The Balaban J connectivity index is 2.84. The predicted octanol–water partition coefficient (Wildman–Crippen LogP) is 1.63. The van der Waals surface area contributed by atoms with Crippen LogP contribution in [0.1, 0.15) is 11.3 Å². The Morgan fingerprint density at radius 1 is 1.50 bits per heavy atom. The van der Waals surface area contributed by atoms with Gasteiger partial charge in [-0.1, -0.05) is 17.3 Å². The van der Waals surface area contributed by atoms with Gasteiger partial charge in [0.2, 0.25) is 0 Å². The number of hydrogen-bond acceptors (Lipinski definition) is 3. The van der Waals surface area contributed by atoms with Gasteiger partial charge < -0.3 is 9.63 Å². The summed E-state index contributed by atoms with van der Waals surface area (Å²) >= 11 is 0. The summed E-state index contributed by atoms with van der Waals surface area (Å²) in [5.41, 5.74) is 2.43. The second-order valence-electron chi connectivity index (χ2n) is 2.72. The summed E-state index contributed by atoms with van der Waals surface area (Å²) in [5, 5.41) is 13.8. The van der Waals surface area contributed by atoms with Crippen LogP contribution in [0.25, 0.3) is 11.0 Å². The smallest absolute Gasteiger partial charge is 0.167 e. The molecule has 2 rings (SSSR count). The molecule has 0 bridgehead atoms. The van der Waals surface area contributed by atoms with Crippen LogP contribution in [0.3, 0.4) is 0 Å². The summed E-state index contributed by atoms with van der Waals surface area (Å²) in [4.78, 5) is 0. The fourth-order valence-electron chi connectivity index (χ4n) is 1.36. The van der Waals surface area contributed by atoms with E-state index < -0.39 is 0 Å². The third-order valence-electron chi connectivity index (χ3n) is 1.93. The average molecular weight is 163 g/mol. The van der Waals surface area contributed by atoms with E-state index in [9.17, 15) is 0 Å². The first kappa shape index (κ1) is 7.31. The van der Waals surface area contributed by atoms with Crippen molar-refractivity contribution < 1.29 is 9.63 Å². The number of aromatic nitrogens is 1. The first-order chi connectivity index (χ1) is 5.83. The van der Waals surface area contributed by atoms with Crippen LogP contribution in [-0.2, 0) is 6.61 Å². The highest BCUT2D eigenvalue weighted by molar-refractivity contribution is 5.82. The van der Waals surface area contributed by atoms with Crippen LogP contribution in [0, 0.1) is 6.92 Å². The van der Waals surface area contributed by atoms with Crippen LogP contribution < -0.4 is 0 Å². The number of nitrogens with zero attached hydrogens (tertiary/aromatic N) is 1. The molecule has 0 spiro atoms. The average Bonchev–Trinajstić information content (AvgIpc) is 2.48. The summed E-state index contributed by atoms with van der Waals surface area (Å²) in [6.45, 7) is 1.89. The van der Waals surface area contributed by atoms with Gasteiger partial charge in [0, 0.05) is 0 Å². The zero-order valence-corrected chi connectivity index (χ0v) is 6.74. The topological polar surface area (TPSA) is 46.3 Å². The number of fused-ring (bicyclic) bond motifs is 1. The van der Waals surface area contributed by atoms with Gasteiger partial charge in [-0.2, -0.15) is 0 Å². The van der Waals surface area contributed by atoms with Crippen LogP contribution in [-0.4, -0.2) is 10.3 Å². The van der Waals surface area contributed by atoms with E-state index in [2.05, 4.69) is 5.16 Å². The summed E-state index contributed by atoms with van der Waals surface area (Å²) < 4.78 is 5.03. The fraction of sp³-hybridized carbons (Fsp3) is 0.222. The van der Waals surface area contributed by atoms with Crippen molar-refractivity contribution in [2.24, 2.45) is 0 Å². The summed E-state index contributed by atoms with van der Waals surface area (Å²) in [5.74, 6) is 0. The van der Waals surface area contributed by atoms with Gasteiger partial charge in [0.15, 0.2) is 5.58 Å². The standard InChI is InChI=1S/C9H9NO2/c1-6-9-7(5-11)3-2-4-8(9)12-10-6/h2-4,11H,5H2,1H3. The third kappa shape index (κ3) is 0.905. The third-order valence-corrected chi connectivity index (χ3v) is 1.93. The van der Waals surface area contributed by atoms with E-state index in [-0.39, 0.29) is 6.61 Å². The number of hydrogen-bond donors (Lipinski definition) is 1. The Labute approximate surface area is 69.6 Å². The predicted molar refractivity (Wildman–Crippen MR) is 44.7 cm³/mol. The van der Waals surface area contributed by atoms with Gasteiger partial charge in [-0.3, -0.25) is 0 Å². The van der Waals surface area contributed by atoms with Gasteiger partial charge in [0.05, 0.1) is 17.7 Å². The fourth-order valence-corrected chi connectivity index (χ4v) is 1.36. The molecule has 0 fully saturated rings. The molecule has 3 heteroatoms. The first-order valence-corrected chi connectivity index (χ1v) is 3.77. The van der Waals surface area contributed by atoms with E-state index >= 15 is 0 Å². The highest BCUT2D eigenvalue weighted by Gasteiger charge is 2.07. The lowest BCUT2D eigenvalue weighted by Crippen LogP contribution is -1.84. The number of aliphatic hydroxyl groups excluding tert-OH is 1. The molecule has 0 atom stereocenters. The van der Waals surface area contributed by atoms with Crippen molar-refractivity contribution in [3.05, 3.63) is 29.5 Å². The lowest BCUT2D eigenvalue weighted by Gasteiger charge is -1.95. The van der Waals surface area contributed by atoms with Crippen molar-refractivity contribution in [1.82, 2.24) is 5.16 Å². The van der Waals surface area contributed by atoms with Crippen molar-refractivity contribution >= 4 is 11.0 Å². The molecule has 1 aromatic heterocycles. The molecule has 0 aliphatic heterocycles. The van der Waals surface area contributed by atoms with Crippen molar-refractivity contribution in [2.45, 2.75) is 13.5 Å². The summed E-state index contributed by atoms with van der Waals surface area (Å²) in [7, 11) is 0. The number of aryl methyl sites for hydroxylation is 1. The number of rotatable bonds is 1. The molecule has 0 unspecified atom stereocenters. The van der Waals surface area contributed by atoms with Crippen LogP contribution in [0.4, 0.5) is 0 Å². The maximum absolute atomic E-state index is 9.01. The second-order valence-corrected chi connectivity index (χ2v) is 2.72. The minimum absolute atomic E-state index is 0.0272. The maximum Gasteiger partial charge on any atom is 0.167 e. The molecule has 1 heterocycles. The van der Waals surface area contributed by atoms with Gasteiger partial charge in [-0.05, 0) is 18.6 Å². The minimum atomic E-state index is 0.0272. The molecule has 62 valence electrons. The molecular weight excluding hydrogens is 154 g/mol. The van der Waals surface area contributed by atoms with Gasteiger partial charge in [0.25, 0.3) is 0 Å². The summed E-state index contributed by atoms with van der Waals surface area (Å²) in [6, 6.07) is 5.56. The lowest BCUT2D eigenvalue weighted by atomic mass is 10.1. The molecule has 0 saturated heterocycles. The summed E-state index contributed by atoms with van der Waals surface area (Å²) in [6.07, 6.45) is 0. The van der Waals surface area contributed by atoms with E-state index in [1.54, 1.807) is 0 Å². The molecule has 12 heavy (non-hydrogen) atoms. The van der Waals surface area contributed by atoms with Crippen molar-refractivity contribution in [3.8, 4) is 0 Å². The minimum Gasteiger partial charge on any atom is -0.392 e. The number of aliphatic hydroxyl groups is 1. The van der Waals surface area contributed by atoms with Crippen molar-refractivity contribution in [2.75, 3.05) is 0 Å². The SMILES string of the molecule is Cc1noc2cccc(CO)c12. The molecule has 1 aromatic carbocycles.